The van der Waals surface area contributed by atoms with E-state index in [1.807, 2.05) is 49.4 Å². The zero-order chi connectivity index (χ0) is 15.2. The second kappa shape index (κ2) is 6.86. The number of para-hydroxylation sites is 1. The average molecular weight is 281 g/mol. The van der Waals surface area contributed by atoms with Crippen molar-refractivity contribution >= 4 is 11.6 Å². The topological polar surface area (TPSA) is 49.3 Å². The number of aryl methyl sites for hydroxylation is 1. The van der Waals surface area contributed by atoms with Crippen LogP contribution in [0.4, 0.5) is 5.69 Å². The SMILES string of the molecule is C=C[C@@H](c1ccccc1C)[C@@H](O)C(=O)Nc1ccccc1. The second-order valence-corrected chi connectivity index (χ2v) is 4.92. The van der Waals surface area contributed by atoms with E-state index in [0.29, 0.717) is 5.69 Å². The standard InChI is InChI=1S/C18H19NO2/c1-3-15(16-12-8-7-9-13(16)2)17(20)18(21)19-14-10-5-4-6-11-14/h3-12,15,17,20H,1H2,2H3,(H,19,21)/t15-,17+/m0/s1. The Labute approximate surface area is 124 Å². The van der Waals surface area contributed by atoms with Crippen molar-refractivity contribution in [1.82, 2.24) is 0 Å². The van der Waals surface area contributed by atoms with Gasteiger partial charge < -0.3 is 10.4 Å². The molecule has 0 radical (unpaired) electrons. The molecule has 0 bridgehead atoms. The molecular weight excluding hydrogens is 262 g/mol. The maximum absolute atomic E-state index is 12.2. The van der Waals surface area contributed by atoms with E-state index in [1.165, 1.54) is 0 Å². The number of rotatable bonds is 5. The Hall–Kier alpha value is -2.39. The predicted octanol–water partition coefficient (Wildman–Crippen LogP) is 3.26. The Morgan fingerprint density at radius 3 is 2.38 bits per heavy atom. The molecule has 0 aliphatic carbocycles. The number of aliphatic hydroxyl groups excluding tert-OH is 1. The molecule has 0 unspecified atom stereocenters. The van der Waals surface area contributed by atoms with Crippen LogP contribution in [0.3, 0.4) is 0 Å². The molecule has 108 valence electrons. The van der Waals surface area contributed by atoms with E-state index in [9.17, 15) is 9.90 Å². The molecular formula is C18H19NO2. The van der Waals surface area contributed by atoms with Crippen molar-refractivity contribution < 1.29 is 9.90 Å². The summed E-state index contributed by atoms with van der Waals surface area (Å²) in [5.74, 6) is -0.871. The number of carbonyl (C=O) groups excluding carboxylic acids is 1. The summed E-state index contributed by atoms with van der Waals surface area (Å²) in [6.07, 6.45) is 0.432. The molecule has 0 aliphatic heterocycles. The van der Waals surface area contributed by atoms with Gasteiger partial charge in [-0.2, -0.15) is 0 Å². The van der Waals surface area contributed by atoms with Crippen LogP contribution in [-0.2, 0) is 4.79 Å². The van der Waals surface area contributed by atoms with Crippen LogP contribution >= 0.6 is 0 Å². The quantitative estimate of drug-likeness (QED) is 0.826. The summed E-state index contributed by atoms with van der Waals surface area (Å²) in [7, 11) is 0. The van der Waals surface area contributed by atoms with Crippen molar-refractivity contribution in [2.75, 3.05) is 5.32 Å². The molecule has 0 fully saturated rings. The largest absolute Gasteiger partial charge is 0.382 e. The fourth-order valence-corrected chi connectivity index (χ4v) is 2.29. The normalized spacial score (nSPS) is 13.2. The van der Waals surface area contributed by atoms with Crippen molar-refractivity contribution in [3.05, 3.63) is 78.4 Å². The van der Waals surface area contributed by atoms with Gasteiger partial charge in [-0.1, -0.05) is 48.5 Å². The zero-order valence-electron chi connectivity index (χ0n) is 12.0. The summed E-state index contributed by atoms with van der Waals surface area (Å²) < 4.78 is 0. The Balaban J connectivity index is 2.17. The van der Waals surface area contributed by atoms with Crippen molar-refractivity contribution in [3.63, 3.8) is 0 Å². The zero-order valence-corrected chi connectivity index (χ0v) is 12.0. The first-order valence-corrected chi connectivity index (χ1v) is 6.85. The van der Waals surface area contributed by atoms with E-state index in [4.69, 9.17) is 0 Å². The minimum atomic E-state index is -1.18. The highest BCUT2D eigenvalue weighted by Crippen LogP contribution is 2.25. The van der Waals surface area contributed by atoms with E-state index in [0.717, 1.165) is 11.1 Å². The van der Waals surface area contributed by atoms with Crippen molar-refractivity contribution in [2.45, 2.75) is 18.9 Å². The summed E-state index contributed by atoms with van der Waals surface area (Å²) in [5.41, 5.74) is 2.59. The minimum absolute atomic E-state index is 0.435. The first-order chi connectivity index (χ1) is 10.1. The molecule has 2 aromatic carbocycles. The van der Waals surface area contributed by atoms with Gasteiger partial charge in [-0.3, -0.25) is 4.79 Å². The number of nitrogens with one attached hydrogen (secondary N) is 1. The smallest absolute Gasteiger partial charge is 0.254 e. The number of anilines is 1. The average Bonchev–Trinajstić information content (AvgIpc) is 2.50. The number of aliphatic hydroxyl groups is 1. The minimum Gasteiger partial charge on any atom is -0.382 e. The number of hydrogen-bond donors (Lipinski definition) is 2. The Bertz CT molecular complexity index is 622. The number of benzene rings is 2. The Morgan fingerprint density at radius 2 is 1.76 bits per heavy atom. The van der Waals surface area contributed by atoms with Crippen molar-refractivity contribution in [3.8, 4) is 0 Å². The lowest BCUT2D eigenvalue weighted by molar-refractivity contribution is -0.124. The monoisotopic (exact) mass is 281 g/mol. The lowest BCUT2D eigenvalue weighted by Crippen LogP contribution is -2.32. The van der Waals surface area contributed by atoms with Crippen LogP contribution < -0.4 is 5.32 Å². The van der Waals surface area contributed by atoms with E-state index in [-0.39, 0.29) is 0 Å². The first-order valence-electron chi connectivity index (χ1n) is 6.85. The molecule has 3 nitrogen and oxygen atoms in total. The van der Waals surface area contributed by atoms with E-state index < -0.39 is 17.9 Å². The molecule has 0 aliphatic rings. The van der Waals surface area contributed by atoms with Gasteiger partial charge in [-0.15, -0.1) is 6.58 Å². The van der Waals surface area contributed by atoms with Crippen molar-refractivity contribution in [2.24, 2.45) is 0 Å². The van der Waals surface area contributed by atoms with Gasteiger partial charge in [0.1, 0.15) is 6.10 Å². The first kappa shape index (κ1) is 15.0. The van der Waals surface area contributed by atoms with Crippen LogP contribution in [0.25, 0.3) is 0 Å². The second-order valence-electron chi connectivity index (χ2n) is 4.92. The molecule has 2 aromatic rings. The summed E-state index contributed by atoms with van der Waals surface area (Å²) >= 11 is 0. The van der Waals surface area contributed by atoms with E-state index >= 15 is 0 Å². The van der Waals surface area contributed by atoms with Crippen LogP contribution in [0.5, 0.6) is 0 Å². The van der Waals surface area contributed by atoms with E-state index in [2.05, 4.69) is 11.9 Å². The fraction of sp³-hybridized carbons (Fsp3) is 0.167. The Morgan fingerprint density at radius 1 is 1.14 bits per heavy atom. The molecule has 2 N–H and O–H groups in total. The van der Waals surface area contributed by atoms with Crippen LogP contribution in [-0.4, -0.2) is 17.1 Å². The molecule has 0 aromatic heterocycles. The molecule has 21 heavy (non-hydrogen) atoms. The predicted molar refractivity (Wildman–Crippen MR) is 85.2 cm³/mol. The molecule has 0 saturated heterocycles. The van der Waals surface area contributed by atoms with Crippen molar-refractivity contribution in [1.29, 1.82) is 0 Å². The third kappa shape index (κ3) is 3.58. The molecule has 1 amide bonds. The van der Waals surface area contributed by atoms with Gasteiger partial charge in [-0.05, 0) is 30.2 Å². The third-order valence-electron chi connectivity index (χ3n) is 3.45. The number of amides is 1. The molecule has 0 spiro atoms. The molecule has 2 atom stereocenters. The number of hydrogen-bond acceptors (Lipinski definition) is 2. The molecule has 3 heteroatoms. The van der Waals surface area contributed by atoms with Gasteiger partial charge in [0.2, 0.25) is 0 Å². The highest BCUT2D eigenvalue weighted by atomic mass is 16.3. The van der Waals surface area contributed by atoms with Gasteiger partial charge in [0, 0.05) is 11.6 Å². The molecule has 2 rings (SSSR count). The summed E-state index contributed by atoms with van der Waals surface area (Å²) in [6.45, 7) is 5.70. The lowest BCUT2D eigenvalue weighted by Gasteiger charge is -2.21. The summed E-state index contributed by atoms with van der Waals surface area (Å²) in [5, 5.41) is 13.0. The highest BCUT2D eigenvalue weighted by Gasteiger charge is 2.26. The van der Waals surface area contributed by atoms with Gasteiger partial charge in [-0.25, -0.2) is 0 Å². The summed E-state index contributed by atoms with van der Waals surface area (Å²) in [4.78, 5) is 12.2. The fourth-order valence-electron chi connectivity index (χ4n) is 2.29. The van der Waals surface area contributed by atoms with Crippen LogP contribution in [0.15, 0.2) is 67.3 Å². The maximum Gasteiger partial charge on any atom is 0.254 e. The molecule has 0 saturated carbocycles. The maximum atomic E-state index is 12.2. The van der Waals surface area contributed by atoms with Gasteiger partial charge >= 0.3 is 0 Å². The number of carbonyl (C=O) groups is 1. The Kier molecular flexibility index (Phi) is 4.90. The van der Waals surface area contributed by atoms with E-state index in [1.54, 1.807) is 18.2 Å². The van der Waals surface area contributed by atoms with Gasteiger partial charge in [0.15, 0.2) is 0 Å². The lowest BCUT2D eigenvalue weighted by atomic mass is 9.90. The third-order valence-corrected chi connectivity index (χ3v) is 3.45. The highest BCUT2D eigenvalue weighted by molar-refractivity contribution is 5.94. The van der Waals surface area contributed by atoms with Crippen LogP contribution in [0, 0.1) is 6.92 Å². The van der Waals surface area contributed by atoms with Crippen LogP contribution in [0.2, 0.25) is 0 Å². The summed E-state index contributed by atoms with van der Waals surface area (Å²) in [6, 6.07) is 16.8. The van der Waals surface area contributed by atoms with Gasteiger partial charge in [0.25, 0.3) is 5.91 Å². The molecule has 0 heterocycles. The van der Waals surface area contributed by atoms with Crippen LogP contribution in [0.1, 0.15) is 17.0 Å². The van der Waals surface area contributed by atoms with Gasteiger partial charge in [0.05, 0.1) is 0 Å².